The quantitative estimate of drug-likeness (QED) is 0.426. The normalized spacial score (nSPS) is 10.6. The fourth-order valence-electron chi connectivity index (χ4n) is 2.66. The highest BCUT2D eigenvalue weighted by atomic mass is 16.6. The number of benzene rings is 2. The Hall–Kier alpha value is -4.27. The van der Waals surface area contributed by atoms with Gasteiger partial charge < -0.3 is 5.32 Å². The maximum Gasteiger partial charge on any atom is 0.269 e. The lowest BCUT2D eigenvalue weighted by molar-refractivity contribution is -0.384. The number of amides is 1. The number of aromatic nitrogens is 4. The van der Waals surface area contributed by atoms with E-state index in [1.165, 1.54) is 23.0 Å². The van der Waals surface area contributed by atoms with E-state index in [9.17, 15) is 14.9 Å². The van der Waals surface area contributed by atoms with E-state index in [0.717, 1.165) is 5.69 Å². The number of hydrogen-bond acceptors (Lipinski definition) is 5. The molecule has 0 aliphatic carbocycles. The fraction of sp³-hybridized carbons (Fsp3) is 0. The molecule has 4 rings (SSSR count). The minimum atomic E-state index is -0.469. The molecule has 2 heterocycles. The Bertz CT molecular complexity index is 1130. The highest BCUT2D eigenvalue weighted by molar-refractivity contribution is 6.04. The first-order valence-corrected chi connectivity index (χ1v) is 8.31. The molecule has 0 unspecified atom stereocenters. The number of carbonyl (C=O) groups is 1. The molecular weight excluding hydrogens is 360 g/mol. The monoisotopic (exact) mass is 374 g/mol. The zero-order chi connectivity index (χ0) is 19.5. The van der Waals surface area contributed by atoms with Crippen LogP contribution in [0, 0.1) is 10.1 Å². The number of nitro benzene ring substituents is 1. The van der Waals surface area contributed by atoms with Crippen molar-refractivity contribution in [3.05, 3.63) is 95.1 Å². The van der Waals surface area contributed by atoms with Crippen LogP contribution in [0.4, 0.5) is 11.4 Å². The molecule has 0 fully saturated rings. The molecule has 4 aromatic rings. The summed E-state index contributed by atoms with van der Waals surface area (Å²) in [6, 6.07) is 15.0. The second kappa shape index (κ2) is 7.16. The third-order valence-corrected chi connectivity index (χ3v) is 4.04. The van der Waals surface area contributed by atoms with Gasteiger partial charge in [0.05, 0.1) is 28.1 Å². The van der Waals surface area contributed by atoms with Crippen molar-refractivity contribution in [1.82, 2.24) is 19.6 Å². The first kappa shape index (κ1) is 17.2. The molecule has 0 aliphatic heterocycles. The second-order valence-corrected chi connectivity index (χ2v) is 5.90. The lowest BCUT2D eigenvalue weighted by Gasteiger charge is -2.06. The topological polar surface area (TPSA) is 108 Å². The Morgan fingerprint density at radius 3 is 2.54 bits per heavy atom. The minimum Gasteiger partial charge on any atom is -0.322 e. The average Bonchev–Trinajstić information content (AvgIpc) is 3.40. The number of anilines is 1. The Morgan fingerprint density at radius 1 is 1.00 bits per heavy atom. The van der Waals surface area contributed by atoms with E-state index in [0.29, 0.717) is 16.9 Å². The van der Waals surface area contributed by atoms with Crippen LogP contribution in [0.25, 0.3) is 11.4 Å². The highest BCUT2D eigenvalue weighted by Crippen LogP contribution is 2.17. The van der Waals surface area contributed by atoms with Gasteiger partial charge in [0, 0.05) is 36.4 Å². The molecule has 0 bridgehead atoms. The van der Waals surface area contributed by atoms with Crippen molar-refractivity contribution in [1.29, 1.82) is 0 Å². The molecule has 1 N–H and O–H groups in total. The van der Waals surface area contributed by atoms with Crippen LogP contribution in [0.2, 0.25) is 0 Å². The van der Waals surface area contributed by atoms with Gasteiger partial charge in [0.1, 0.15) is 0 Å². The summed E-state index contributed by atoms with van der Waals surface area (Å²) in [6.45, 7) is 0. The molecule has 0 atom stereocenters. The van der Waals surface area contributed by atoms with Gasteiger partial charge in [0.15, 0.2) is 0 Å². The van der Waals surface area contributed by atoms with Crippen molar-refractivity contribution < 1.29 is 9.72 Å². The maximum atomic E-state index is 12.5. The predicted molar refractivity (Wildman–Crippen MR) is 102 cm³/mol. The fourth-order valence-corrected chi connectivity index (χ4v) is 2.66. The van der Waals surface area contributed by atoms with E-state index >= 15 is 0 Å². The summed E-state index contributed by atoms with van der Waals surface area (Å²) in [6.07, 6.45) is 6.49. The molecule has 0 spiro atoms. The summed E-state index contributed by atoms with van der Waals surface area (Å²) in [7, 11) is 0. The van der Waals surface area contributed by atoms with E-state index in [1.54, 1.807) is 35.3 Å². The maximum absolute atomic E-state index is 12.5. The van der Waals surface area contributed by atoms with E-state index in [2.05, 4.69) is 15.5 Å². The third kappa shape index (κ3) is 3.49. The summed E-state index contributed by atoms with van der Waals surface area (Å²) in [4.78, 5) is 22.8. The van der Waals surface area contributed by atoms with E-state index in [1.807, 2.05) is 30.5 Å². The van der Waals surface area contributed by atoms with E-state index in [-0.39, 0.29) is 11.6 Å². The number of carbonyl (C=O) groups excluding carboxylic acids is 1. The van der Waals surface area contributed by atoms with Crippen molar-refractivity contribution in [3.63, 3.8) is 0 Å². The van der Waals surface area contributed by atoms with Crippen LogP contribution in [-0.2, 0) is 0 Å². The van der Waals surface area contributed by atoms with Crippen LogP contribution < -0.4 is 5.32 Å². The SMILES string of the molecule is O=C(Nc1cccc(-n2cccn2)c1)c1cnn(-c2ccc([N+](=O)[O-])cc2)c1. The number of hydrogen-bond donors (Lipinski definition) is 1. The van der Waals surface area contributed by atoms with Crippen molar-refractivity contribution in [2.24, 2.45) is 0 Å². The van der Waals surface area contributed by atoms with Crippen molar-refractivity contribution >= 4 is 17.3 Å². The van der Waals surface area contributed by atoms with Crippen molar-refractivity contribution in [3.8, 4) is 11.4 Å². The van der Waals surface area contributed by atoms with Gasteiger partial charge in [-0.15, -0.1) is 0 Å². The Morgan fingerprint density at radius 2 is 1.82 bits per heavy atom. The molecule has 0 radical (unpaired) electrons. The summed E-state index contributed by atoms with van der Waals surface area (Å²) < 4.78 is 3.18. The number of rotatable bonds is 5. The molecule has 138 valence electrons. The Kier molecular flexibility index (Phi) is 4.38. The van der Waals surface area contributed by atoms with Gasteiger partial charge in [-0.2, -0.15) is 10.2 Å². The smallest absolute Gasteiger partial charge is 0.269 e. The molecule has 1 amide bonds. The molecular formula is C19H14N6O3. The van der Waals surface area contributed by atoms with Crippen molar-refractivity contribution in [2.45, 2.75) is 0 Å². The van der Waals surface area contributed by atoms with Gasteiger partial charge >= 0.3 is 0 Å². The summed E-state index contributed by atoms with van der Waals surface area (Å²) >= 11 is 0. The average molecular weight is 374 g/mol. The molecule has 0 saturated carbocycles. The van der Waals surface area contributed by atoms with Gasteiger partial charge in [-0.1, -0.05) is 6.07 Å². The molecule has 2 aromatic carbocycles. The minimum absolute atomic E-state index is 0.00839. The number of nitro groups is 1. The van der Waals surface area contributed by atoms with Crippen LogP contribution >= 0.6 is 0 Å². The van der Waals surface area contributed by atoms with Crippen molar-refractivity contribution in [2.75, 3.05) is 5.32 Å². The summed E-state index contributed by atoms with van der Waals surface area (Å²) in [5.41, 5.74) is 2.42. The molecule has 0 saturated heterocycles. The van der Waals surface area contributed by atoms with Gasteiger partial charge in [-0.25, -0.2) is 9.36 Å². The lowest BCUT2D eigenvalue weighted by atomic mass is 10.2. The van der Waals surface area contributed by atoms with Crippen LogP contribution in [0.1, 0.15) is 10.4 Å². The van der Waals surface area contributed by atoms with Crippen LogP contribution in [0.15, 0.2) is 79.4 Å². The van der Waals surface area contributed by atoms with E-state index < -0.39 is 4.92 Å². The zero-order valence-electron chi connectivity index (χ0n) is 14.5. The van der Waals surface area contributed by atoms with Crippen LogP contribution in [0.3, 0.4) is 0 Å². The zero-order valence-corrected chi connectivity index (χ0v) is 14.5. The number of nitrogens with zero attached hydrogens (tertiary/aromatic N) is 5. The van der Waals surface area contributed by atoms with Gasteiger partial charge in [0.25, 0.3) is 11.6 Å². The molecule has 9 nitrogen and oxygen atoms in total. The Balaban J connectivity index is 1.50. The van der Waals surface area contributed by atoms with Crippen LogP contribution in [0.5, 0.6) is 0 Å². The highest BCUT2D eigenvalue weighted by Gasteiger charge is 2.11. The Labute approximate surface area is 159 Å². The number of nitrogens with one attached hydrogen (secondary N) is 1. The third-order valence-electron chi connectivity index (χ3n) is 4.04. The molecule has 0 aliphatic rings. The lowest BCUT2D eigenvalue weighted by Crippen LogP contribution is -2.11. The molecule has 28 heavy (non-hydrogen) atoms. The van der Waals surface area contributed by atoms with Gasteiger partial charge in [0.2, 0.25) is 0 Å². The largest absolute Gasteiger partial charge is 0.322 e. The van der Waals surface area contributed by atoms with E-state index in [4.69, 9.17) is 0 Å². The summed E-state index contributed by atoms with van der Waals surface area (Å²) in [5.74, 6) is -0.314. The van der Waals surface area contributed by atoms with Crippen LogP contribution in [-0.4, -0.2) is 30.4 Å². The summed E-state index contributed by atoms with van der Waals surface area (Å²) in [5, 5.41) is 21.9. The number of non-ortho nitro benzene ring substituents is 1. The first-order valence-electron chi connectivity index (χ1n) is 8.31. The van der Waals surface area contributed by atoms with Gasteiger partial charge in [-0.3, -0.25) is 14.9 Å². The first-order chi connectivity index (χ1) is 13.6. The second-order valence-electron chi connectivity index (χ2n) is 5.90. The molecule has 2 aromatic heterocycles. The predicted octanol–water partition coefficient (Wildman–Crippen LogP) is 3.22. The van der Waals surface area contributed by atoms with Gasteiger partial charge in [-0.05, 0) is 36.4 Å². The standard InChI is InChI=1S/C19H14N6O3/c26-19(22-15-3-1-4-18(11-15)23-10-2-9-20-23)14-12-21-24(13-14)16-5-7-17(8-6-16)25(27)28/h1-13H,(H,22,26). The molecule has 9 heteroatoms.